The van der Waals surface area contributed by atoms with Crippen LogP contribution in [0, 0.1) is 0 Å². The standard InChI is InChI=1S/C23H26N4O4/c1-31-17-6-4-5-16(15-17)26-11-13-27(14-12-26)21(28)10-9-20-23(30)24-19-8-3-2-7-18(19)22(29)25-20/h2-8,15,20H,9-14H2,1H3,(H,24,30)(H,25,29). The van der Waals surface area contributed by atoms with E-state index in [1.165, 1.54) is 0 Å². The highest BCUT2D eigenvalue weighted by Crippen LogP contribution is 2.23. The van der Waals surface area contributed by atoms with E-state index < -0.39 is 6.04 Å². The summed E-state index contributed by atoms with van der Waals surface area (Å²) in [5.41, 5.74) is 2.00. The number of methoxy groups -OCH3 is 1. The smallest absolute Gasteiger partial charge is 0.254 e. The molecule has 2 aliphatic heterocycles. The van der Waals surface area contributed by atoms with Crippen LogP contribution < -0.4 is 20.3 Å². The molecule has 0 bridgehead atoms. The van der Waals surface area contributed by atoms with Crippen LogP contribution >= 0.6 is 0 Å². The lowest BCUT2D eigenvalue weighted by Gasteiger charge is -2.36. The second-order valence-electron chi connectivity index (χ2n) is 7.67. The van der Waals surface area contributed by atoms with Gasteiger partial charge < -0.3 is 25.2 Å². The van der Waals surface area contributed by atoms with Crippen LogP contribution in [0.2, 0.25) is 0 Å². The van der Waals surface area contributed by atoms with Crippen LogP contribution in [0.1, 0.15) is 23.2 Å². The van der Waals surface area contributed by atoms with Gasteiger partial charge in [0.25, 0.3) is 5.91 Å². The normalized spacial score (nSPS) is 18.5. The molecule has 31 heavy (non-hydrogen) atoms. The summed E-state index contributed by atoms with van der Waals surface area (Å²) < 4.78 is 5.29. The van der Waals surface area contributed by atoms with Crippen LogP contribution in [0.4, 0.5) is 11.4 Å². The van der Waals surface area contributed by atoms with Crippen molar-refractivity contribution in [3.8, 4) is 5.75 Å². The van der Waals surface area contributed by atoms with Gasteiger partial charge in [0, 0.05) is 44.4 Å². The van der Waals surface area contributed by atoms with E-state index in [-0.39, 0.29) is 30.6 Å². The molecule has 1 unspecified atom stereocenters. The molecule has 0 aromatic heterocycles. The fraction of sp³-hybridized carbons (Fsp3) is 0.348. The summed E-state index contributed by atoms with van der Waals surface area (Å²) in [5.74, 6) is 0.197. The van der Waals surface area contributed by atoms with E-state index in [2.05, 4.69) is 15.5 Å². The Kier molecular flexibility index (Phi) is 6.06. The number of piperazine rings is 1. The van der Waals surface area contributed by atoms with E-state index in [1.54, 1.807) is 31.4 Å². The average Bonchev–Trinajstić information content (AvgIpc) is 2.93. The van der Waals surface area contributed by atoms with Crippen LogP contribution in [0.25, 0.3) is 0 Å². The first-order chi connectivity index (χ1) is 15.0. The van der Waals surface area contributed by atoms with Gasteiger partial charge in [0.2, 0.25) is 11.8 Å². The lowest BCUT2D eigenvalue weighted by atomic mass is 10.1. The van der Waals surface area contributed by atoms with Crippen molar-refractivity contribution in [1.29, 1.82) is 0 Å². The fourth-order valence-electron chi connectivity index (χ4n) is 3.96. The summed E-state index contributed by atoms with van der Waals surface area (Å²) in [4.78, 5) is 41.7. The second-order valence-corrected chi connectivity index (χ2v) is 7.67. The number of hydrogen-bond donors (Lipinski definition) is 2. The third-order valence-corrected chi connectivity index (χ3v) is 5.75. The number of nitrogens with zero attached hydrogens (tertiary/aromatic N) is 2. The minimum atomic E-state index is -0.734. The van der Waals surface area contributed by atoms with Crippen molar-refractivity contribution in [2.45, 2.75) is 18.9 Å². The Balaban J connectivity index is 1.30. The number of para-hydroxylation sites is 1. The molecule has 3 amide bonds. The number of benzene rings is 2. The number of carbonyl (C=O) groups is 3. The van der Waals surface area contributed by atoms with Crippen LogP contribution in [0.5, 0.6) is 5.75 Å². The number of carbonyl (C=O) groups excluding carboxylic acids is 3. The summed E-state index contributed by atoms with van der Waals surface area (Å²) in [6.45, 7) is 2.69. The fourth-order valence-corrected chi connectivity index (χ4v) is 3.96. The van der Waals surface area contributed by atoms with Crippen LogP contribution in [0.3, 0.4) is 0 Å². The van der Waals surface area contributed by atoms with Gasteiger partial charge in [-0.2, -0.15) is 0 Å². The Morgan fingerprint density at radius 2 is 1.84 bits per heavy atom. The molecule has 0 aliphatic carbocycles. The zero-order valence-corrected chi connectivity index (χ0v) is 17.5. The van der Waals surface area contributed by atoms with Crippen LogP contribution in [-0.2, 0) is 9.59 Å². The molecule has 2 aliphatic rings. The largest absolute Gasteiger partial charge is 0.497 e. The van der Waals surface area contributed by atoms with Crippen molar-refractivity contribution in [1.82, 2.24) is 10.2 Å². The zero-order valence-electron chi connectivity index (χ0n) is 17.5. The molecule has 1 fully saturated rings. The molecular formula is C23H26N4O4. The predicted molar refractivity (Wildman–Crippen MR) is 117 cm³/mol. The van der Waals surface area contributed by atoms with Gasteiger partial charge in [-0.05, 0) is 30.7 Å². The Labute approximate surface area is 181 Å². The van der Waals surface area contributed by atoms with E-state index >= 15 is 0 Å². The zero-order chi connectivity index (χ0) is 21.8. The minimum absolute atomic E-state index is 0.00546. The van der Waals surface area contributed by atoms with E-state index in [9.17, 15) is 14.4 Å². The molecule has 8 nitrogen and oxygen atoms in total. The molecule has 0 spiro atoms. The molecule has 8 heteroatoms. The predicted octanol–water partition coefficient (Wildman–Crippen LogP) is 1.87. The highest BCUT2D eigenvalue weighted by Gasteiger charge is 2.29. The van der Waals surface area contributed by atoms with Crippen molar-refractivity contribution in [3.63, 3.8) is 0 Å². The molecule has 4 rings (SSSR count). The van der Waals surface area contributed by atoms with E-state index in [0.29, 0.717) is 24.3 Å². The molecular weight excluding hydrogens is 396 g/mol. The van der Waals surface area contributed by atoms with Crippen LogP contribution in [0.15, 0.2) is 48.5 Å². The Hall–Kier alpha value is -3.55. The van der Waals surface area contributed by atoms with Gasteiger partial charge in [0.1, 0.15) is 11.8 Å². The summed E-state index contributed by atoms with van der Waals surface area (Å²) >= 11 is 0. The number of amides is 3. The first kappa shape index (κ1) is 20.7. The lowest BCUT2D eigenvalue weighted by Crippen LogP contribution is -2.49. The van der Waals surface area contributed by atoms with Crippen molar-refractivity contribution in [2.75, 3.05) is 43.5 Å². The van der Waals surface area contributed by atoms with Gasteiger partial charge in [-0.3, -0.25) is 14.4 Å². The third-order valence-electron chi connectivity index (χ3n) is 5.75. The van der Waals surface area contributed by atoms with Crippen molar-refractivity contribution < 1.29 is 19.1 Å². The number of hydrogen-bond acceptors (Lipinski definition) is 5. The number of ether oxygens (including phenoxy) is 1. The summed E-state index contributed by atoms with van der Waals surface area (Å²) in [6, 6.07) is 14.0. The van der Waals surface area contributed by atoms with Gasteiger partial charge in [0.05, 0.1) is 18.4 Å². The van der Waals surface area contributed by atoms with E-state index in [0.717, 1.165) is 24.5 Å². The van der Waals surface area contributed by atoms with Gasteiger partial charge in [-0.15, -0.1) is 0 Å². The molecule has 0 saturated carbocycles. The maximum absolute atomic E-state index is 12.7. The van der Waals surface area contributed by atoms with Gasteiger partial charge in [-0.1, -0.05) is 18.2 Å². The summed E-state index contributed by atoms with van der Waals surface area (Å²) in [7, 11) is 1.64. The Morgan fingerprint density at radius 1 is 1.06 bits per heavy atom. The lowest BCUT2D eigenvalue weighted by molar-refractivity contribution is -0.131. The van der Waals surface area contributed by atoms with Crippen molar-refractivity contribution >= 4 is 29.1 Å². The quantitative estimate of drug-likeness (QED) is 0.768. The molecule has 162 valence electrons. The Morgan fingerprint density at radius 3 is 2.61 bits per heavy atom. The first-order valence-electron chi connectivity index (χ1n) is 10.4. The molecule has 2 N–H and O–H groups in total. The molecule has 0 radical (unpaired) electrons. The number of nitrogens with one attached hydrogen (secondary N) is 2. The first-order valence-corrected chi connectivity index (χ1v) is 10.4. The number of anilines is 2. The molecule has 1 saturated heterocycles. The van der Waals surface area contributed by atoms with Crippen molar-refractivity contribution in [2.24, 2.45) is 0 Å². The maximum Gasteiger partial charge on any atom is 0.254 e. The third kappa shape index (κ3) is 4.63. The number of rotatable bonds is 5. The SMILES string of the molecule is COc1cccc(N2CCN(C(=O)CCC3NC(=O)c4ccccc4NC3=O)CC2)c1. The van der Waals surface area contributed by atoms with E-state index in [4.69, 9.17) is 4.74 Å². The molecule has 1 atom stereocenters. The van der Waals surface area contributed by atoms with Crippen molar-refractivity contribution in [3.05, 3.63) is 54.1 Å². The summed E-state index contributed by atoms with van der Waals surface area (Å²) in [5, 5.41) is 5.52. The monoisotopic (exact) mass is 422 g/mol. The molecule has 2 heterocycles. The topological polar surface area (TPSA) is 91.0 Å². The second kappa shape index (κ2) is 9.07. The maximum atomic E-state index is 12.7. The van der Waals surface area contributed by atoms with Gasteiger partial charge in [0.15, 0.2) is 0 Å². The van der Waals surface area contributed by atoms with E-state index in [1.807, 2.05) is 29.2 Å². The van der Waals surface area contributed by atoms with Gasteiger partial charge >= 0.3 is 0 Å². The highest BCUT2D eigenvalue weighted by molar-refractivity contribution is 6.09. The highest BCUT2D eigenvalue weighted by atomic mass is 16.5. The molecule has 2 aromatic rings. The summed E-state index contributed by atoms with van der Waals surface area (Å²) in [6.07, 6.45) is 0.467. The molecule has 2 aromatic carbocycles. The number of fused-ring (bicyclic) bond motifs is 1. The van der Waals surface area contributed by atoms with Gasteiger partial charge in [-0.25, -0.2) is 0 Å². The Bertz CT molecular complexity index is 985. The minimum Gasteiger partial charge on any atom is -0.497 e. The van der Waals surface area contributed by atoms with Crippen LogP contribution in [-0.4, -0.2) is 62.0 Å². The average molecular weight is 422 g/mol.